The smallest absolute Gasteiger partial charge is 0.00188 e. The highest BCUT2D eigenvalue weighted by atomic mass is 19.0. The van der Waals surface area contributed by atoms with Crippen molar-refractivity contribution in [3.63, 3.8) is 0 Å². The van der Waals surface area contributed by atoms with Crippen molar-refractivity contribution >= 4 is 0 Å². The van der Waals surface area contributed by atoms with E-state index in [-0.39, 0.29) is 4.70 Å². The van der Waals surface area contributed by atoms with Gasteiger partial charge in [-0.3, -0.25) is 4.70 Å². The molecule has 0 saturated carbocycles. The first-order valence-corrected chi connectivity index (χ1v) is 5.07. The molecule has 0 aromatic rings. The van der Waals surface area contributed by atoms with E-state index in [0.29, 0.717) is 0 Å². The Balaban J connectivity index is 0. The van der Waals surface area contributed by atoms with Crippen molar-refractivity contribution in [3.8, 4) is 0 Å². The molecule has 12 heavy (non-hydrogen) atoms. The normalized spacial score (nSPS) is 10.0. The molecule has 0 aliphatic heterocycles. The van der Waals surface area contributed by atoms with Gasteiger partial charge in [-0.1, -0.05) is 27.2 Å². The lowest BCUT2D eigenvalue weighted by atomic mass is 10.3. The van der Waals surface area contributed by atoms with E-state index in [2.05, 4.69) is 25.7 Å². The van der Waals surface area contributed by atoms with Crippen LogP contribution in [-0.4, -0.2) is 24.5 Å². The fraction of sp³-hybridized carbons (Fsp3) is 1.00. The molecular formula is C10H24FN. The Kier molecular flexibility index (Phi) is 13.1. The second-order valence-corrected chi connectivity index (χ2v) is 3.20. The van der Waals surface area contributed by atoms with Crippen molar-refractivity contribution in [2.24, 2.45) is 0 Å². The maximum Gasteiger partial charge on any atom is -0.00188 e. The average Bonchev–Trinajstić information content (AvgIpc) is 2.01. The zero-order valence-corrected chi connectivity index (χ0v) is 8.81. The summed E-state index contributed by atoms with van der Waals surface area (Å²) in [5.74, 6) is 0. The molecule has 0 heterocycles. The predicted molar refractivity (Wildman–Crippen MR) is 54.4 cm³/mol. The number of hydrogen-bond donors (Lipinski definition) is 0. The molecule has 0 saturated heterocycles. The van der Waals surface area contributed by atoms with E-state index in [4.69, 9.17) is 0 Å². The van der Waals surface area contributed by atoms with Crippen LogP contribution in [0.4, 0.5) is 4.70 Å². The molecule has 0 atom stereocenters. The summed E-state index contributed by atoms with van der Waals surface area (Å²) in [6.07, 6.45) is 5.28. The van der Waals surface area contributed by atoms with Gasteiger partial charge in [0.05, 0.1) is 0 Å². The molecular weight excluding hydrogens is 153 g/mol. The maximum atomic E-state index is 2.57. The number of nitrogens with zero attached hydrogens (tertiary/aromatic N) is 1. The molecule has 2 heteroatoms. The predicted octanol–water partition coefficient (Wildman–Crippen LogP) is 3.06. The van der Waals surface area contributed by atoms with Gasteiger partial charge >= 0.3 is 0 Å². The minimum atomic E-state index is 0. The van der Waals surface area contributed by atoms with Gasteiger partial charge in [0, 0.05) is 0 Å². The molecule has 0 spiro atoms. The van der Waals surface area contributed by atoms with Crippen LogP contribution in [0.1, 0.15) is 46.5 Å². The van der Waals surface area contributed by atoms with E-state index in [1.165, 1.54) is 45.3 Å². The van der Waals surface area contributed by atoms with Gasteiger partial charge in [-0.25, -0.2) is 0 Å². The first-order valence-electron chi connectivity index (χ1n) is 5.07. The number of unbranched alkanes of at least 4 members (excludes halogenated alkanes) is 1. The Morgan fingerprint density at radius 1 is 0.750 bits per heavy atom. The third-order valence-corrected chi connectivity index (χ3v) is 1.91. The zero-order valence-electron chi connectivity index (χ0n) is 8.81. The van der Waals surface area contributed by atoms with Crippen LogP contribution in [0.2, 0.25) is 0 Å². The SMILES string of the molecule is CCCCN(CCC)CCC.F. The second kappa shape index (κ2) is 10.9. The van der Waals surface area contributed by atoms with Gasteiger partial charge in [0.2, 0.25) is 0 Å². The van der Waals surface area contributed by atoms with E-state index in [0.717, 1.165) is 0 Å². The van der Waals surface area contributed by atoms with Crippen molar-refractivity contribution in [2.75, 3.05) is 19.6 Å². The van der Waals surface area contributed by atoms with Gasteiger partial charge in [0.25, 0.3) is 0 Å². The van der Waals surface area contributed by atoms with E-state index >= 15 is 0 Å². The number of rotatable bonds is 7. The average molecular weight is 177 g/mol. The van der Waals surface area contributed by atoms with Crippen molar-refractivity contribution in [2.45, 2.75) is 46.5 Å². The van der Waals surface area contributed by atoms with Crippen LogP contribution in [0, 0.1) is 0 Å². The van der Waals surface area contributed by atoms with Crippen LogP contribution in [0.25, 0.3) is 0 Å². The summed E-state index contributed by atoms with van der Waals surface area (Å²) in [7, 11) is 0. The fourth-order valence-corrected chi connectivity index (χ4v) is 1.35. The van der Waals surface area contributed by atoms with Gasteiger partial charge in [0.15, 0.2) is 0 Å². The number of halogens is 1. The molecule has 0 rings (SSSR count). The third-order valence-electron chi connectivity index (χ3n) is 1.91. The van der Waals surface area contributed by atoms with E-state index < -0.39 is 0 Å². The van der Waals surface area contributed by atoms with Crippen LogP contribution in [-0.2, 0) is 0 Å². The van der Waals surface area contributed by atoms with Crippen LogP contribution in [0.3, 0.4) is 0 Å². The van der Waals surface area contributed by atoms with Crippen LogP contribution >= 0.6 is 0 Å². The maximum absolute atomic E-state index is 2.57. The van der Waals surface area contributed by atoms with Gasteiger partial charge in [-0.2, -0.15) is 0 Å². The van der Waals surface area contributed by atoms with Crippen LogP contribution < -0.4 is 0 Å². The lowest BCUT2D eigenvalue weighted by Crippen LogP contribution is -2.26. The van der Waals surface area contributed by atoms with E-state index in [9.17, 15) is 0 Å². The van der Waals surface area contributed by atoms with E-state index in [1.807, 2.05) is 0 Å². The monoisotopic (exact) mass is 177 g/mol. The van der Waals surface area contributed by atoms with Crippen LogP contribution in [0.15, 0.2) is 0 Å². The first-order chi connectivity index (χ1) is 5.35. The Hall–Kier alpha value is -0.110. The third kappa shape index (κ3) is 7.99. The Morgan fingerprint density at radius 3 is 1.58 bits per heavy atom. The Labute approximate surface area is 76.5 Å². The highest BCUT2D eigenvalue weighted by Gasteiger charge is 1.99. The minimum Gasteiger partial charge on any atom is -0.303 e. The lowest BCUT2D eigenvalue weighted by molar-refractivity contribution is 0.270. The van der Waals surface area contributed by atoms with Crippen molar-refractivity contribution in [1.29, 1.82) is 0 Å². The lowest BCUT2D eigenvalue weighted by Gasteiger charge is -2.20. The topological polar surface area (TPSA) is 3.24 Å². The Morgan fingerprint density at radius 2 is 1.25 bits per heavy atom. The summed E-state index contributed by atoms with van der Waals surface area (Å²) in [5.41, 5.74) is 0. The molecule has 0 N–H and O–H groups in total. The summed E-state index contributed by atoms with van der Waals surface area (Å²) < 4.78 is 0. The van der Waals surface area contributed by atoms with Gasteiger partial charge in [0.1, 0.15) is 0 Å². The quantitative estimate of drug-likeness (QED) is 0.577. The van der Waals surface area contributed by atoms with E-state index in [1.54, 1.807) is 0 Å². The summed E-state index contributed by atoms with van der Waals surface area (Å²) >= 11 is 0. The molecule has 1 nitrogen and oxygen atoms in total. The molecule has 0 aromatic carbocycles. The molecule has 0 aliphatic rings. The second-order valence-electron chi connectivity index (χ2n) is 3.20. The standard InChI is InChI=1S/C10H23N.FH/c1-4-7-10-11(8-5-2)9-6-3;/h4-10H2,1-3H3;1H. The number of hydrogen-bond acceptors (Lipinski definition) is 1. The first kappa shape index (κ1) is 14.4. The van der Waals surface area contributed by atoms with Gasteiger partial charge in [-0.05, 0) is 38.9 Å². The van der Waals surface area contributed by atoms with Crippen LogP contribution in [0.5, 0.6) is 0 Å². The van der Waals surface area contributed by atoms with Crippen molar-refractivity contribution < 1.29 is 4.70 Å². The fourth-order valence-electron chi connectivity index (χ4n) is 1.35. The van der Waals surface area contributed by atoms with Crippen molar-refractivity contribution in [3.05, 3.63) is 0 Å². The van der Waals surface area contributed by atoms with Gasteiger partial charge < -0.3 is 4.90 Å². The highest BCUT2D eigenvalue weighted by molar-refractivity contribution is 4.54. The summed E-state index contributed by atoms with van der Waals surface area (Å²) in [6, 6.07) is 0. The molecule has 0 aliphatic carbocycles. The summed E-state index contributed by atoms with van der Waals surface area (Å²) in [6.45, 7) is 10.7. The molecule has 0 amide bonds. The minimum absolute atomic E-state index is 0. The summed E-state index contributed by atoms with van der Waals surface area (Å²) in [4.78, 5) is 2.57. The summed E-state index contributed by atoms with van der Waals surface area (Å²) in [5, 5.41) is 0. The Bertz CT molecular complexity index is 70.2. The largest absolute Gasteiger partial charge is 0.303 e. The highest BCUT2D eigenvalue weighted by Crippen LogP contribution is 1.97. The zero-order chi connectivity index (χ0) is 8.53. The molecule has 0 radical (unpaired) electrons. The molecule has 0 bridgehead atoms. The van der Waals surface area contributed by atoms with Gasteiger partial charge in [-0.15, -0.1) is 0 Å². The molecule has 0 aromatic heterocycles. The van der Waals surface area contributed by atoms with Crippen molar-refractivity contribution in [1.82, 2.24) is 4.90 Å². The molecule has 0 unspecified atom stereocenters. The molecule has 0 fully saturated rings. The molecule has 76 valence electrons.